The Hall–Kier alpha value is -2.09. The Morgan fingerprint density at radius 3 is 2.15 bits per heavy atom. The van der Waals surface area contributed by atoms with Crippen molar-refractivity contribution in [2.75, 3.05) is 7.11 Å². The van der Waals surface area contributed by atoms with Crippen molar-refractivity contribution >= 4 is 12.2 Å². The van der Waals surface area contributed by atoms with Crippen molar-refractivity contribution in [2.45, 2.75) is 19.8 Å². The van der Waals surface area contributed by atoms with Crippen molar-refractivity contribution in [3.05, 3.63) is 65.0 Å². The third kappa shape index (κ3) is 3.47. The molecule has 0 aliphatic carbocycles. The predicted molar refractivity (Wildman–Crippen MR) is 82.4 cm³/mol. The fourth-order valence-electron chi connectivity index (χ4n) is 2.07. The van der Waals surface area contributed by atoms with Crippen LogP contribution < -0.4 is 4.74 Å². The molecule has 1 nitrogen and oxygen atoms in total. The SMILES string of the molecule is COc1cc(/C=C/c2ccc(F)cc2)ccc1C(C)C. The second-order valence-corrected chi connectivity index (χ2v) is 5.04. The zero-order valence-corrected chi connectivity index (χ0v) is 12.1. The van der Waals surface area contributed by atoms with E-state index in [2.05, 4.69) is 26.0 Å². The first-order valence-corrected chi connectivity index (χ1v) is 6.71. The lowest BCUT2D eigenvalue weighted by Gasteiger charge is -2.12. The summed E-state index contributed by atoms with van der Waals surface area (Å²) in [4.78, 5) is 0. The lowest BCUT2D eigenvalue weighted by Crippen LogP contribution is -1.94. The molecule has 2 heteroatoms. The molecule has 0 spiro atoms. The van der Waals surface area contributed by atoms with Crippen LogP contribution in [-0.4, -0.2) is 7.11 Å². The van der Waals surface area contributed by atoms with E-state index in [1.807, 2.05) is 18.2 Å². The van der Waals surface area contributed by atoms with Crippen LogP contribution in [0.2, 0.25) is 0 Å². The summed E-state index contributed by atoms with van der Waals surface area (Å²) in [5.74, 6) is 1.12. The molecule has 2 aromatic rings. The standard InChI is InChI=1S/C18H19FO/c1-13(2)17-11-8-15(12-18(17)20-3)5-4-14-6-9-16(19)10-7-14/h4-13H,1-3H3/b5-4+. The van der Waals surface area contributed by atoms with Gasteiger partial charge in [0.2, 0.25) is 0 Å². The monoisotopic (exact) mass is 270 g/mol. The molecule has 0 amide bonds. The summed E-state index contributed by atoms with van der Waals surface area (Å²) < 4.78 is 18.3. The van der Waals surface area contributed by atoms with Gasteiger partial charge in [0.1, 0.15) is 11.6 Å². The van der Waals surface area contributed by atoms with Crippen molar-refractivity contribution in [1.82, 2.24) is 0 Å². The molecule has 2 aromatic carbocycles. The molecular weight excluding hydrogens is 251 g/mol. The van der Waals surface area contributed by atoms with Gasteiger partial charge in [-0.2, -0.15) is 0 Å². The van der Waals surface area contributed by atoms with Crippen LogP contribution in [0.15, 0.2) is 42.5 Å². The van der Waals surface area contributed by atoms with Gasteiger partial charge in [-0.1, -0.05) is 50.3 Å². The topological polar surface area (TPSA) is 9.23 Å². The zero-order valence-electron chi connectivity index (χ0n) is 12.1. The van der Waals surface area contributed by atoms with Crippen LogP contribution in [-0.2, 0) is 0 Å². The number of hydrogen-bond donors (Lipinski definition) is 0. The fourth-order valence-corrected chi connectivity index (χ4v) is 2.07. The highest BCUT2D eigenvalue weighted by Crippen LogP contribution is 2.27. The Balaban J connectivity index is 2.23. The van der Waals surface area contributed by atoms with Crippen LogP contribution >= 0.6 is 0 Å². The van der Waals surface area contributed by atoms with Gasteiger partial charge in [-0.25, -0.2) is 4.39 Å². The highest BCUT2D eigenvalue weighted by molar-refractivity contribution is 5.70. The molecule has 0 aliphatic heterocycles. The van der Waals surface area contributed by atoms with Gasteiger partial charge in [0.05, 0.1) is 7.11 Å². The molecule has 0 fully saturated rings. The van der Waals surface area contributed by atoms with Crippen LogP contribution in [0.25, 0.3) is 12.2 Å². The third-order valence-electron chi connectivity index (χ3n) is 3.22. The maximum atomic E-state index is 12.8. The maximum absolute atomic E-state index is 12.8. The Labute approximate surface area is 119 Å². The summed E-state index contributed by atoms with van der Waals surface area (Å²) >= 11 is 0. The molecule has 0 aromatic heterocycles. The van der Waals surface area contributed by atoms with Crippen molar-refractivity contribution in [3.63, 3.8) is 0 Å². The van der Waals surface area contributed by atoms with Gasteiger partial charge in [-0.05, 0) is 40.8 Å². The van der Waals surface area contributed by atoms with Gasteiger partial charge in [0, 0.05) is 0 Å². The molecule has 0 radical (unpaired) electrons. The van der Waals surface area contributed by atoms with Crippen molar-refractivity contribution in [3.8, 4) is 5.75 Å². The van der Waals surface area contributed by atoms with Gasteiger partial charge in [0.25, 0.3) is 0 Å². The second kappa shape index (κ2) is 6.38. The van der Waals surface area contributed by atoms with Gasteiger partial charge >= 0.3 is 0 Å². The van der Waals surface area contributed by atoms with E-state index < -0.39 is 0 Å². The van der Waals surface area contributed by atoms with Crippen LogP contribution in [0.3, 0.4) is 0 Å². The van der Waals surface area contributed by atoms with E-state index in [0.717, 1.165) is 16.9 Å². The number of methoxy groups -OCH3 is 1. The highest BCUT2D eigenvalue weighted by atomic mass is 19.1. The minimum atomic E-state index is -0.217. The number of ether oxygens (including phenoxy) is 1. The molecule has 0 saturated heterocycles. The Kier molecular flexibility index (Phi) is 4.57. The summed E-state index contributed by atoms with van der Waals surface area (Å²) in [6.45, 7) is 4.29. The average molecular weight is 270 g/mol. The summed E-state index contributed by atoms with van der Waals surface area (Å²) in [7, 11) is 1.69. The first-order valence-electron chi connectivity index (χ1n) is 6.71. The van der Waals surface area contributed by atoms with Crippen LogP contribution in [0.5, 0.6) is 5.75 Å². The number of hydrogen-bond acceptors (Lipinski definition) is 1. The number of rotatable bonds is 4. The zero-order chi connectivity index (χ0) is 14.5. The van der Waals surface area contributed by atoms with E-state index in [4.69, 9.17) is 4.74 Å². The summed E-state index contributed by atoms with van der Waals surface area (Å²) in [5, 5.41) is 0. The van der Waals surface area contributed by atoms with Gasteiger partial charge in [-0.3, -0.25) is 0 Å². The quantitative estimate of drug-likeness (QED) is 0.700. The fraction of sp³-hybridized carbons (Fsp3) is 0.222. The average Bonchev–Trinajstić information content (AvgIpc) is 2.46. The number of benzene rings is 2. The molecular formula is C18H19FO. The molecule has 0 atom stereocenters. The predicted octanol–water partition coefficient (Wildman–Crippen LogP) is 5.13. The normalized spacial score (nSPS) is 11.2. The van der Waals surface area contributed by atoms with E-state index >= 15 is 0 Å². The molecule has 0 N–H and O–H groups in total. The molecule has 0 saturated carbocycles. The smallest absolute Gasteiger partial charge is 0.123 e. The number of halogens is 1. The van der Waals surface area contributed by atoms with Gasteiger partial charge in [-0.15, -0.1) is 0 Å². The summed E-state index contributed by atoms with van der Waals surface area (Å²) in [6.07, 6.45) is 3.96. The third-order valence-corrected chi connectivity index (χ3v) is 3.22. The summed E-state index contributed by atoms with van der Waals surface area (Å²) in [5.41, 5.74) is 3.24. The van der Waals surface area contributed by atoms with Gasteiger partial charge < -0.3 is 4.74 Å². The van der Waals surface area contributed by atoms with Crippen LogP contribution in [0.4, 0.5) is 4.39 Å². The largest absolute Gasteiger partial charge is 0.496 e. The van der Waals surface area contributed by atoms with Crippen LogP contribution in [0, 0.1) is 5.82 Å². The van der Waals surface area contributed by atoms with E-state index in [1.54, 1.807) is 19.2 Å². The molecule has 0 unspecified atom stereocenters. The molecule has 0 bridgehead atoms. The Bertz CT molecular complexity index is 597. The Morgan fingerprint density at radius 2 is 1.55 bits per heavy atom. The van der Waals surface area contributed by atoms with Crippen molar-refractivity contribution in [2.24, 2.45) is 0 Å². The minimum Gasteiger partial charge on any atom is -0.496 e. The van der Waals surface area contributed by atoms with E-state index in [9.17, 15) is 4.39 Å². The molecule has 20 heavy (non-hydrogen) atoms. The molecule has 104 valence electrons. The van der Waals surface area contributed by atoms with E-state index in [-0.39, 0.29) is 5.82 Å². The van der Waals surface area contributed by atoms with Crippen molar-refractivity contribution < 1.29 is 9.13 Å². The van der Waals surface area contributed by atoms with E-state index in [0.29, 0.717) is 5.92 Å². The lowest BCUT2D eigenvalue weighted by molar-refractivity contribution is 0.407. The molecule has 0 heterocycles. The maximum Gasteiger partial charge on any atom is 0.123 e. The first-order chi connectivity index (χ1) is 9.60. The lowest BCUT2D eigenvalue weighted by atomic mass is 10.00. The highest BCUT2D eigenvalue weighted by Gasteiger charge is 2.06. The first kappa shape index (κ1) is 14.3. The minimum absolute atomic E-state index is 0.217. The van der Waals surface area contributed by atoms with E-state index in [1.165, 1.54) is 17.7 Å². The molecule has 0 aliphatic rings. The second-order valence-electron chi connectivity index (χ2n) is 5.04. The van der Waals surface area contributed by atoms with Crippen molar-refractivity contribution in [1.29, 1.82) is 0 Å². The summed E-state index contributed by atoms with van der Waals surface area (Å²) in [6, 6.07) is 12.6. The van der Waals surface area contributed by atoms with Crippen LogP contribution in [0.1, 0.15) is 36.5 Å². The van der Waals surface area contributed by atoms with Gasteiger partial charge in [0.15, 0.2) is 0 Å². The molecule has 2 rings (SSSR count). The Morgan fingerprint density at radius 1 is 0.950 bits per heavy atom.